The number of unbranched alkanes of at least 4 members (excludes halogenated alkanes) is 8. The number of alkyl halides is 3. The smallest absolute Gasteiger partial charge is 0.472 e. The Hall–Kier alpha value is -6.37. The van der Waals surface area contributed by atoms with Crippen molar-refractivity contribution < 1.29 is 80.4 Å². The SMILES string of the molecule is O=C(O)CCCCCNC(=O)CCC(=O)N[C@@H](CCCCNCC(=O)CCCCCNC(=O)CCCCCNC(=O)c1ccc(NNC(=O)C(F)(F)F)nc1)C(=O)NCCCOCCOCCOCCCNC(=O)CCCC[C@@H]1SC[C@@H]2NC(=O)N[C@@H]21. The summed E-state index contributed by atoms with van der Waals surface area (Å²) < 4.78 is 53.8. The Balaban J connectivity index is 1.18. The van der Waals surface area contributed by atoms with Gasteiger partial charge in [-0.15, -0.1) is 0 Å². The molecule has 87 heavy (non-hydrogen) atoms. The number of rotatable bonds is 52. The number of anilines is 1. The summed E-state index contributed by atoms with van der Waals surface area (Å²) in [5.74, 6) is -3.82. The van der Waals surface area contributed by atoms with Crippen molar-refractivity contribution >= 4 is 76.7 Å². The van der Waals surface area contributed by atoms with Crippen molar-refractivity contribution in [3.63, 3.8) is 0 Å². The van der Waals surface area contributed by atoms with Crippen molar-refractivity contribution in [3.05, 3.63) is 23.9 Å². The van der Waals surface area contributed by atoms with Gasteiger partial charge in [0, 0.05) is 102 Å². The molecule has 2 aliphatic heterocycles. The van der Waals surface area contributed by atoms with E-state index in [1.54, 1.807) is 0 Å². The summed E-state index contributed by atoms with van der Waals surface area (Å²) in [7, 11) is 0. The molecular formula is C57H93F3N12O14S. The normalized spacial score (nSPS) is 15.5. The van der Waals surface area contributed by atoms with Crippen molar-refractivity contribution in [1.82, 2.24) is 58.3 Å². The van der Waals surface area contributed by atoms with Crippen LogP contribution in [0.25, 0.3) is 0 Å². The van der Waals surface area contributed by atoms with Crippen molar-refractivity contribution in [2.24, 2.45) is 0 Å². The van der Waals surface area contributed by atoms with Gasteiger partial charge in [-0.3, -0.25) is 54.0 Å². The van der Waals surface area contributed by atoms with Gasteiger partial charge in [-0.25, -0.2) is 9.78 Å². The van der Waals surface area contributed by atoms with E-state index in [4.69, 9.17) is 19.3 Å². The predicted molar refractivity (Wildman–Crippen MR) is 318 cm³/mol. The second-order valence-corrected chi connectivity index (χ2v) is 22.4. The number of carboxylic acids is 1. The third-order valence-corrected chi connectivity index (χ3v) is 15.3. The van der Waals surface area contributed by atoms with Crippen LogP contribution in [0.15, 0.2) is 18.3 Å². The predicted octanol–water partition coefficient (Wildman–Crippen LogP) is 3.20. The van der Waals surface area contributed by atoms with Crippen LogP contribution in [0.5, 0.6) is 0 Å². The summed E-state index contributed by atoms with van der Waals surface area (Å²) in [5.41, 5.74) is 3.65. The van der Waals surface area contributed by atoms with Gasteiger partial charge in [-0.1, -0.05) is 25.7 Å². The summed E-state index contributed by atoms with van der Waals surface area (Å²) in [6.07, 6.45) is 8.39. The number of nitrogens with zero attached hydrogens (tertiary/aromatic N) is 1. The number of thioether (sulfide) groups is 1. The molecule has 2 aliphatic rings. The highest BCUT2D eigenvalue weighted by Crippen LogP contribution is 2.33. The average Bonchev–Trinajstić information content (AvgIpc) is 2.36. The minimum absolute atomic E-state index is 0.0269. The van der Waals surface area contributed by atoms with Crippen LogP contribution in [0, 0.1) is 0 Å². The number of aromatic nitrogens is 1. The van der Waals surface area contributed by atoms with Crippen molar-refractivity contribution in [1.29, 1.82) is 0 Å². The second kappa shape index (κ2) is 45.8. The Kier molecular flexibility index (Phi) is 39.5. The van der Waals surface area contributed by atoms with E-state index < -0.39 is 35.9 Å². The number of fused-ring (bicyclic) bond motifs is 1. The Morgan fingerprint density at radius 2 is 1.16 bits per heavy atom. The summed E-state index contributed by atoms with van der Waals surface area (Å²) in [6, 6.07) is 2.03. The summed E-state index contributed by atoms with van der Waals surface area (Å²) >= 11 is 1.88. The third kappa shape index (κ3) is 37.2. The maximum absolute atomic E-state index is 13.3. The number of Topliss-reactive ketones (excluding diaryl/α,β-unsaturated/α-hetero) is 1. The highest BCUT2D eigenvalue weighted by Gasteiger charge is 2.42. The number of aliphatic carboxylic acids is 1. The fourth-order valence-electron chi connectivity index (χ4n) is 9.01. The molecule has 1 aromatic rings. The summed E-state index contributed by atoms with van der Waals surface area (Å²) in [4.78, 5) is 125. The molecule has 9 amide bonds. The van der Waals surface area contributed by atoms with Crippen LogP contribution < -0.4 is 58.7 Å². The number of hydrogen-bond acceptors (Lipinski definition) is 17. The molecule has 26 nitrogen and oxygen atoms in total. The number of halogens is 3. The molecule has 4 atom stereocenters. The number of amides is 9. The number of ether oxygens (including phenoxy) is 3. The Bertz CT molecular complexity index is 2240. The van der Waals surface area contributed by atoms with E-state index in [0.717, 1.165) is 37.6 Å². The molecule has 30 heteroatoms. The molecule has 492 valence electrons. The highest BCUT2D eigenvalue weighted by atomic mass is 32.2. The topological polar surface area (TPSA) is 364 Å². The molecule has 2 fully saturated rings. The Labute approximate surface area is 511 Å². The van der Waals surface area contributed by atoms with Gasteiger partial charge in [0.15, 0.2) is 0 Å². The number of carbonyl (C=O) groups excluding carboxylic acids is 9. The maximum Gasteiger partial charge on any atom is 0.472 e. The minimum Gasteiger partial charge on any atom is -0.481 e. The molecule has 0 saturated carbocycles. The van der Waals surface area contributed by atoms with E-state index in [-0.39, 0.29) is 84.7 Å². The quantitative estimate of drug-likeness (QED) is 0.0253. The molecule has 1 aromatic heterocycles. The lowest BCUT2D eigenvalue weighted by atomic mass is 10.0. The largest absolute Gasteiger partial charge is 0.481 e. The van der Waals surface area contributed by atoms with Crippen LogP contribution in [-0.2, 0) is 52.6 Å². The molecule has 0 unspecified atom stereocenters. The average molecular weight is 1260 g/mol. The number of hydrazine groups is 1. The standard InChI is InChI=1S/C57H93F3N12O14S/c58-57(59,60)55(82)72-71-46-23-22-41(38-67-46)53(80)65-29-12-2-5-19-47(74)62-27-10-1-4-16-42(73)39-61-26-13-9-17-43(68-50(77)25-24-49(76)63-28-11-3-6-21-51(78)79)54(81)66-31-15-33-85-35-37-86-36-34-84-32-14-30-64-48(75)20-8-7-18-45-52-44(40-87-45)69-56(83)70-52/h22-23,38,43-45,52,61H,1-21,24-37,39-40H2,(H,62,74)(H,63,76)(H,64,75)(H,65,80)(H,66,81)(H,67,71)(H,68,77)(H,72,82)(H,78,79)(H2,69,70,83)/t43-,44-,45-,52-/m0/s1. The minimum atomic E-state index is -5.06. The summed E-state index contributed by atoms with van der Waals surface area (Å²) in [6.45, 7) is 5.09. The zero-order chi connectivity index (χ0) is 63.3. The maximum atomic E-state index is 13.3. The molecule has 0 aromatic carbocycles. The molecule has 0 radical (unpaired) electrons. The van der Waals surface area contributed by atoms with E-state index in [9.17, 15) is 61.1 Å². The molecular weight excluding hydrogens is 1170 g/mol. The van der Waals surface area contributed by atoms with Gasteiger partial charge in [-0.2, -0.15) is 24.9 Å². The number of nitrogens with one attached hydrogen (secondary N) is 11. The van der Waals surface area contributed by atoms with Crippen LogP contribution in [0.1, 0.15) is 158 Å². The second-order valence-electron chi connectivity index (χ2n) is 21.2. The number of carboxylic acid groups (broad SMARTS) is 1. The van der Waals surface area contributed by atoms with Crippen molar-refractivity contribution in [3.8, 4) is 0 Å². The van der Waals surface area contributed by atoms with E-state index in [1.807, 2.05) is 17.2 Å². The van der Waals surface area contributed by atoms with Crippen molar-refractivity contribution in [2.75, 3.05) is 96.6 Å². The first-order valence-electron chi connectivity index (χ1n) is 30.5. The zero-order valence-electron chi connectivity index (χ0n) is 49.9. The van der Waals surface area contributed by atoms with E-state index >= 15 is 0 Å². The molecule has 0 bridgehead atoms. The Morgan fingerprint density at radius 3 is 1.78 bits per heavy atom. The first kappa shape index (κ1) is 74.9. The van der Waals surface area contributed by atoms with Crippen LogP contribution in [0.4, 0.5) is 23.8 Å². The van der Waals surface area contributed by atoms with Crippen LogP contribution in [0.3, 0.4) is 0 Å². The number of hydrogen-bond donors (Lipinski definition) is 12. The third-order valence-electron chi connectivity index (χ3n) is 13.8. The van der Waals surface area contributed by atoms with Gasteiger partial charge in [0.1, 0.15) is 17.6 Å². The number of ketones is 1. The lowest BCUT2D eigenvalue weighted by Gasteiger charge is -2.19. The number of carbonyl (C=O) groups is 10. The van der Waals surface area contributed by atoms with Crippen molar-refractivity contribution in [2.45, 2.75) is 177 Å². The van der Waals surface area contributed by atoms with E-state index in [2.05, 4.69) is 52.8 Å². The van der Waals surface area contributed by atoms with Gasteiger partial charge < -0.3 is 67.2 Å². The van der Waals surface area contributed by atoms with Gasteiger partial charge in [0.05, 0.1) is 50.6 Å². The van der Waals surface area contributed by atoms with E-state index in [0.29, 0.717) is 187 Å². The monoisotopic (exact) mass is 1260 g/mol. The zero-order valence-corrected chi connectivity index (χ0v) is 50.8. The number of pyridine rings is 1. The lowest BCUT2D eigenvalue weighted by Crippen LogP contribution is -2.47. The van der Waals surface area contributed by atoms with Crippen LogP contribution in [-0.4, -0.2) is 190 Å². The fourth-order valence-corrected chi connectivity index (χ4v) is 10.6. The lowest BCUT2D eigenvalue weighted by molar-refractivity contribution is -0.173. The molecule has 0 spiro atoms. The molecule has 0 aliphatic carbocycles. The van der Waals surface area contributed by atoms with Gasteiger partial charge >= 0.3 is 24.1 Å². The van der Waals surface area contributed by atoms with E-state index in [1.165, 1.54) is 17.6 Å². The van der Waals surface area contributed by atoms with Gasteiger partial charge in [0.25, 0.3) is 5.91 Å². The number of urea groups is 1. The van der Waals surface area contributed by atoms with Crippen LogP contribution >= 0.6 is 11.8 Å². The molecule has 12 N–H and O–H groups in total. The fraction of sp³-hybridized carbons (Fsp3) is 0.737. The molecule has 3 rings (SSSR count). The van der Waals surface area contributed by atoms with Gasteiger partial charge in [0.2, 0.25) is 29.5 Å². The molecule has 2 saturated heterocycles. The first-order chi connectivity index (χ1) is 41.9. The Morgan fingerprint density at radius 1 is 0.609 bits per heavy atom. The van der Waals surface area contributed by atoms with Crippen LogP contribution in [0.2, 0.25) is 0 Å². The summed E-state index contributed by atoms with van der Waals surface area (Å²) in [5, 5.41) is 35.1. The highest BCUT2D eigenvalue weighted by molar-refractivity contribution is 8.00. The molecule has 3 heterocycles. The van der Waals surface area contributed by atoms with Gasteiger partial charge in [-0.05, 0) is 102 Å². The first-order valence-corrected chi connectivity index (χ1v) is 31.6.